The molecule has 0 saturated carbocycles. The number of aliphatic imine (C=N–C) groups is 1. The Morgan fingerprint density at radius 1 is 1.00 bits per heavy atom. The second-order valence-corrected chi connectivity index (χ2v) is 8.02. The molecule has 32 heavy (non-hydrogen) atoms. The minimum absolute atomic E-state index is 0.575. The molecule has 0 spiro atoms. The Kier molecular flexibility index (Phi) is 10.9. The quantitative estimate of drug-likeness (QED) is 0.295. The Labute approximate surface area is 192 Å². The van der Waals surface area contributed by atoms with Crippen molar-refractivity contribution in [1.82, 2.24) is 10.6 Å². The van der Waals surface area contributed by atoms with Crippen molar-refractivity contribution < 1.29 is 14.2 Å². The van der Waals surface area contributed by atoms with Gasteiger partial charge < -0.3 is 24.8 Å². The number of rotatable bonds is 12. The zero-order valence-electron chi connectivity index (χ0n) is 19.2. The number of hydrogen-bond donors (Lipinski definition) is 2. The van der Waals surface area contributed by atoms with Gasteiger partial charge in [0.15, 0.2) is 5.96 Å². The average Bonchev–Trinajstić information content (AvgIpc) is 2.85. The first-order valence-electron chi connectivity index (χ1n) is 11.8. The highest BCUT2D eigenvalue weighted by molar-refractivity contribution is 5.79. The van der Waals surface area contributed by atoms with Crippen molar-refractivity contribution in [2.75, 3.05) is 39.5 Å². The molecule has 6 heteroatoms. The van der Waals surface area contributed by atoms with Crippen LogP contribution in [-0.2, 0) is 22.6 Å². The Hall–Kier alpha value is -2.57. The van der Waals surface area contributed by atoms with Crippen molar-refractivity contribution in [1.29, 1.82) is 0 Å². The fourth-order valence-corrected chi connectivity index (χ4v) is 3.49. The molecule has 2 aromatic carbocycles. The Morgan fingerprint density at radius 2 is 1.78 bits per heavy atom. The van der Waals surface area contributed by atoms with Gasteiger partial charge in [-0.25, -0.2) is 4.99 Å². The number of hydrogen-bond acceptors (Lipinski definition) is 4. The molecular weight excluding hydrogens is 402 g/mol. The van der Waals surface area contributed by atoms with E-state index >= 15 is 0 Å². The molecule has 0 amide bonds. The van der Waals surface area contributed by atoms with E-state index in [2.05, 4.69) is 41.8 Å². The second kappa shape index (κ2) is 14.5. The third kappa shape index (κ3) is 9.28. The van der Waals surface area contributed by atoms with Gasteiger partial charge in [-0.15, -0.1) is 0 Å². The summed E-state index contributed by atoms with van der Waals surface area (Å²) in [5, 5.41) is 6.70. The van der Waals surface area contributed by atoms with Crippen LogP contribution in [0.25, 0.3) is 0 Å². The van der Waals surface area contributed by atoms with Crippen molar-refractivity contribution in [2.24, 2.45) is 10.9 Å². The van der Waals surface area contributed by atoms with E-state index in [4.69, 9.17) is 19.2 Å². The van der Waals surface area contributed by atoms with Crippen molar-refractivity contribution in [2.45, 2.75) is 39.3 Å². The van der Waals surface area contributed by atoms with Crippen LogP contribution in [0.3, 0.4) is 0 Å². The van der Waals surface area contributed by atoms with Crippen LogP contribution in [0.2, 0.25) is 0 Å². The van der Waals surface area contributed by atoms with Gasteiger partial charge in [0.05, 0.1) is 6.54 Å². The van der Waals surface area contributed by atoms with Crippen LogP contribution in [0.4, 0.5) is 0 Å². The van der Waals surface area contributed by atoms with Gasteiger partial charge in [-0.1, -0.05) is 42.5 Å². The van der Waals surface area contributed by atoms with Gasteiger partial charge in [0.2, 0.25) is 0 Å². The number of ether oxygens (including phenoxy) is 3. The normalized spacial score (nSPS) is 14.8. The summed E-state index contributed by atoms with van der Waals surface area (Å²) in [5.41, 5.74) is 2.31. The summed E-state index contributed by atoms with van der Waals surface area (Å²) in [5.74, 6) is 2.36. The summed E-state index contributed by atoms with van der Waals surface area (Å²) in [6.45, 7) is 8.32. The summed E-state index contributed by atoms with van der Waals surface area (Å²) in [4.78, 5) is 4.70. The predicted octanol–water partition coefficient (Wildman–Crippen LogP) is 4.15. The standard InChI is InChI=1S/C26H37N3O3/c1-2-27-26(28-15-6-16-31-20-24-13-17-30-18-14-24)29-19-22-9-11-25(12-10-22)32-21-23-7-4-3-5-8-23/h3-5,7-12,24H,2,6,13-21H2,1H3,(H2,27,28,29). The zero-order valence-corrected chi connectivity index (χ0v) is 19.2. The van der Waals surface area contributed by atoms with Crippen molar-refractivity contribution in [3.05, 3.63) is 65.7 Å². The largest absolute Gasteiger partial charge is 0.489 e. The van der Waals surface area contributed by atoms with Gasteiger partial charge in [-0.3, -0.25) is 0 Å². The van der Waals surface area contributed by atoms with E-state index in [1.54, 1.807) is 0 Å². The van der Waals surface area contributed by atoms with Crippen LogP contribution in [-0.4, -0.2) is 45.5 Å². The highest BCUT2D eigenvalue weighted by Crippen LogP contribution is 2.15. The Balaban J connectivity index is 1.34. The SMILES string of the molecule is CCNC(=NCc1ccc(OCc2ccccc2)cc1)NCCCOCC1CCOCC1. The number of nitrogens with zero attached hydrogens (tertiary/aromatic N) is 1. The summed E-state index contributed by atoms with van der Waals surface area (Å²) < 4.78 is 17.1. The fourth-order valence-electron chi connectivity index (χ4n) is 3.49. The molecule has 0 atom stereocenters. The van der Waals surface area contributed by atoms with E-state index in [0.29, 0.717) is 19.1 Å². The molecule has 1 heterocycles. The van der Waals surface area contributed by atoms with E-state index in [0.717, 1.165) is 81.6 Å². The smallest absolute Gasteiger partial charge is 0.191 e. The summed E-state index contributed by atoms with van der Waals surface area (Å²) >= 11 is 0. The minimum Gasteiger partial charge on any atom is -0.489 e. The predicted molar refractivity (Wildman–Crippen MR) is 129 cm³/mol. The van der Waals surface area contributed by atoms with Crippen molar-refractivity contribution >= 4 is 5.96 Å². The lowest BCUT2D eigenvalue weighted by Gasteiger charge is -2.21. The van der Waals surface area contributed by atoms with Crippen LogP contribution in [0.15, 0.2) is 59.6 Å². The maximum absolute atomic E-state index is 5.86. The lowest BCUT2D eigenvalue weighted by molar-refractivity contribution is 0.0203. The Bertz CT molecular complexity index is 775. The Morgan fingerprint density at radius 3 is 2.53 bits per heavy atom. The number of benzene rings is 2. The first-order valence-corrected chi connectivity index (χ1v) is 11.8. The molecule has 1 fully saturated rings. The lowest BCUT2D eigenvalue weighted by atomic mass is 10.0. The highest BCUT2D eigenvalue weighted by Gasteiger charge is 2.13. The molecule has 2 aromatic rings. The summed E-state index contributed by atoms with van der Waals surface area (Å²) in [6, 6.07) is 18.3. The first-order chi connectivity index (χ1) is 15.8. The van der Waals surface area contributed by atoms with Crippen LogP contribution in [0.1, 0.15) is 37.3 Å². The molecule has 3 rings (SSSR count). The molecule has 1 saturated heterocycles. The molecule has 0 unspecified atom stereocenters. The molecule has 1 aliphatic heterocycles. The molecule has 2 N–H and O–H groups in total. The zero-order chi connectivity index (χ0) is 22.3. The lowest BCUT2D eigenvalue weighted by Crippen LogP contribution is -2.38. The van der Waals surface area contributed by atoms with Gasteiger partial charge in [0.25, 0.3) is 0 Å². The average molecular weight is 440 g/mol. The molecule has 0 radical (unpaired) electrons. The third-order valence-electron chi connectivity index (χ3n) is 5.39. The van der Waals surface area contributed by atoms with Crippen molar-refractivity contribution in [3.8, 4) is 5.75 Å². The van der Waals surface area contributed by atoms with Crippen LogP contribution >= 0.6 is 0 Å². The fraction of sp³-hybridized carbons (Fsp3) is 0.500. The van der Waals surface area contributed by atoms with Crippen molar-refractivity contribution in [3.63, 3.8) is 0 Å². The molecule has 0 bridgehead atoms. The van der Waals surface area contributed by atoms with E-state index in [1.165, 1.54) is 0 Å². The molecule has 174 valence electrons. The van der Waals surface area contributed by atoms with Gasteiger partial charge >= 0.3 is 0 Å². The number of guanidine groups is 1. The first kappa shape index (κ1) is 24.1. The maximum Gasteiger partial charge on any atom is 0.191 e. The maximum atomic E-state index is 5.86. The van der Waals surface area contributed by atoms with Gasteiger partial charge in [0, 0.05) is 39.5 Å². The van der Waals surface area contributed by atoms with Gasteiger partial charge in [-0.2, -0.15) is 0 Å². The van der Waals surface area contributed by atoms with Crippen LogP contribution in [0.5, 0.6) is 5.75 Å². The van der Waals surface area contributed by atoms with Gasteiger partial charge in [0.1, 0.15) is 12.4 Å². The number of nitrogens with one attached hydrogen (secondary N) is 2. The van der Waals surface area contributed by atoms with E-state index in [9.17, 15) is 0 Å². The topological polar surface area (TPSA) is 64.1 Å². The van der Waals surface area contributed by atoms with E-state index in [1.807, 2.05) is 30.3 Å². The highest BCUT2D eigenvalue weighted by atomic mass is 16.5. The molecule has 1 aliphatic rings. The van der Waals surface area contributed by atoms with Crippen LogP contribution < -0.4 is 15.4 Å². The van der Waals surface area contributed by atoms with E-state index < -0.39 is 0 Å². The molecular formula is C26H37N3O3. The molecule has 0 aliphatic carbocycles. The monoisotopic (exact) mass is 439 g/mol. The van der Waals surface area contributed by atoms with Gasteiger partial charge in [-0.05, 0) is 55.4 Å². The minimum atomic E-state index is 0.575. The summed E-state index contributed by atoms with van der Waals surface area (Å²) in [6.07, 6.45) is 3.20. The second-order valence-electron chi connectivity index (χ2n) is 8.02. The van der Waals surface area contributed by atoms with Crippen LogP contribution in [0, 0.1) is 5.92 Å². The summed E-state index contributed by atoms with van der Waals surface area (Å²) in [7, 11) is 0. The molecule has 0 aromatic heterocycles. The third-order valence-corrected chi connectivity index (χ3v) is 5.39. The van der Waals surface area contributed by atoms with E-state index in [-0.39, 0.29) is 0 Å². The molecule has 6 nitrogen and oxygen atoms in total.